The van der Waals surface area contributed by atoms with Crippen molar-refractivity contribution in [2.45, 2.75) is 6.42 Å². The molecule has 2 N–H and O–H groups in total. The summed E-state index contributed by atoms with van der Waals surface area (Å²) in [4.78, 5) is 22.7. The van der Waals surface area contributed by atoms with Crippen molar-refractivity contribution in [2.75, 3.05) is 44.6 Å². The summed E-state index contributed by atoms with van der Waals surface area (Å²) in [5.74, 6) is 1.52. The zero-order valence-corrected chi connectivity index (χ0v) is 14.3. The molecule has 1 aliphatic heterocycles. The van der Waals surface area contributed by atoms with Gasteiger partial charge in [0.15, 0.2) is 11.5 Å². The number of carbonyl (C=O) groups is 1. The molecule has 1 amide bonds. The normalized spacial score (nSPS) is 12.3. The third kappa shape index (κ3) is 4.57. The molecule has 0 bridgehead atoms. The quantitative estimate of drug-likeness (QED) is 0.741. The number of nitrogens with one attached hydrogen (secondary N) is 2. The van der Waals surface area contributed by atoms with Gasteiger partial charge in [-0.1, -0.05) is 0 Å². The molecule has 0 spiro atoms. The van der Waals surface area contributed by atoms with E-state index in [2.05, 4.69) is 25.5 Å². The third-order valence-corrected chi connectivity index (χ3v) is 3.61. The average molecular weight is 343 g/mol. The topological polar surface area (TPSA) is 88.6 Å². The second-order valence-corrected chi connectivity index (χ2v) is 5.90. The predicted molar refractivity (Wildman–Crippen MR) is 94.2 cm³/mol. The Balaban J connectivity index is 1.54. The molecule has 3 rings (SSSR count). The summed E-state index contributed by atoms with van der Waals surface area (Å²) in [7, 11) is 4.06. The molecule has 0 unspecified atom stereocenters. The number of hydrogen-bond donors (Lipinski definition) is 2. The Morgan fingerprint density at radius 3 is 2.72 bits per heavy atom. The largest absolute Gasteiger partial charge is 0.454 e. The number of nitrogens with zero attached hydrogens (tertiary/aromatic N) is 3. The van der Waals surface area contributed by atoms with Gasteiger partial charge >= 0.3 is 0 Å². The molecule has 0 saturated heterocycles. The highest BCUT2D eigenvalue weighted by Crippen LogP contribution is 2.34. The number of benzene rings is 1. The third-order valence-electron chi connectivity index (χ3n) is 3.61. The summed E-state index contributed by atoms with van der Waals surface area (Å²) in [6.07, 6.45) is 4.00. The lowest BCUT2D eigenvalue weighted by Crippen LogP contribution is -2.17. The van der Waals surface area contributed by atoms with Crippen LogP contribution in [0.3, 0.4) is 0 Å². The number of aromatic nitrogens is 2. The van der Waals surface area contributed by atoms with Crippen molar-refractivity contribution in [3.63, 3.8) is 0 Å². The first-order valence-corrected chi connectivity index (χ1v) is 8.03. The molecule has 1 aromatic heterocycles. The SMILES string of the molecule is CN(C)CCCNc1ncc(C(=O)Nc2ccc3c(c2)OCO3)cn1. The highest BCUT2D eigenvalue weighted by molar-refractivity contribution is 6.04. The van der Waals surface area contributed by atoms with Gasteiger partial charge in [-0.3, -0.25) is 4.79 Å². The van der Waals surface area contributed by atoms with Crippen LogP contribution < -0.4 is 20.1 Å². The minimum absolute atomic E-state index is 0.198. The van der Waals surface area contributed by atoms with Crippen LogP contribution in [0.15, 0.2) is 30.6 Å². The molecule has 0 aliphatic carbocycles. The van der Waals surface area contributed by atoms with Crippen molar-refractivity contribution in [3.8, 4) is 11.5 Å². The summed E-state index contributed by atoms with van der Waals surface area (Å²) in [6.45, 7) is 1.97. The van der Waals surface area contributed by atoms with E-state index in [1.54, 1.807) is 18.2 Å². The molecule has 0 radical (unpaired) electrons. The van der Waals surface area contributed by atoms with Crippen molar-refractivity contribution in [2.24, 2.45) is 0 Å². The van der Waals surface area contributed by atoms with Crippen LogP contribution in [0.5, 0.6) is 11.5 Å². The zero-order chi connectivity index (χ0) is 17.6. The van der Waals surface area contributed by atoms with E-state index in [0.717, 1.165) is 19.5 Å². The summed E-state index contributed by atoms with van der Waals surface area (Å²) in [6, 6.07) is 5.24. The molecule has 2 aromatic rings. The summed E-state index contributed by atoms with van der Waals surface area (Å²) in [5, 5.41) is 5.92. The molecule has 8 nitrogen and oxygen atoms in total. The molecule has 8 heteroatoms. The van der Waals surface area contributed by atoms with E-state index < -0.39 is 0 Å². The van der Waals surface area contributed by atoms with Crippen molar-refractivity contribution in [1.29, 1.82) is 0 Å². The van der Waals surface area contributed by atoms with E-state index >= 15 is 0 Å². The monoisotopic (exact) mass is 343 g/mol. The highest BCUT2D eigenvalue weighted by atomic mass is 16.7. The van der Waals surface area contributed by atoms with E-state index in [0.29, 0.717) is 28.7 Å². The van der Waals surface area contributed by atoms with Crippen LogP contribution in [0.2, 0.25) is 0 Å². The van der Waals surface area contributed by atoms with Gasteiger partial charge in [-0.25, -0.2) is 9.97 Å². The predicted octanol–water partition coefficient (Wildman–Crippen LogP) is 1.82. The molecule has 0 saturated carbocycles. The number of amides is 1. The number of fused-ring (bicyclic) bond motifs is 1. The number of anilines is 2. The first-order valence-electron chi connectivity index (χ1n) is 8.03. The number of ether oxygens (including phenoxy) is 2. The standard InChI is InChI=1S/C17H21N5O3/c1-22(2)7-3-6-18-17-19-9-12(10-20-17)16(23)21-13-4-5-14-15(8-13)25-11-24-14/h4-5,8-10H,3,6-7,11H2,1-2H3,(H,21,23)(H,18,19,20). The number of rotatable bonds is 7. The van der Waals surface area contributed by atoms with Crippen LogP contribution in [0.1, 0.15) is 16.8 Å². The van der Waals surface area contributed by atoms with Crippen LogP contribution >= 0.6 is 0 Å². The van der Waals surface area contributed by atoms with Gasteiger partial charge in [0, 0.05) is 30.7 Å². The second kappa shape index (κ2) is 7.80. The summed E-state index contributed by atoms with van der Waals surface area (Å²) in [5.41, 5.74) is 1.01. The Morgan fingerprint density at radius 2 is 1.96 bits per heavy atom. The fourth-order valence-electron chi connectivity index (χ4n) is 2.31. The summed E-state index contributed by atoms with van der Waals surface area (Å²) < 4.78 is 10.5. The lowest BCUT2D eigenvalue weighted by molar-refractivity contribution is 0.102. The highest BCUT2D eigenvalue weighted by Gasteiger charge is 2.15. The maximum atomic E-state index is 12.3. The Labute approximate surface area is 146 Å². The van der Waals surface area contributed by atoms with Crippen LogP contribution in [0.4, 0.5) is 11.6 Å². The van der Waals surface area contributed by atoms with Crippen molar-refractivity contribution < 1.29 is 14.3 Å². The van der Waals surface area contributed by atoms with Gasteiger partial charge in [-0.15, -0.1) is 0 Å². The molecule has 25 heavy (non-hydrogen) atoms. The Hall–Kier alpha value is -2.87. The van der Waals surface area contributed by atoms with Gasteiger partial charge in [0.2, 0.25) is 12.7 Å². The van der Waals surface area contributed by atoms with Gasteiger partial charge in [-0.05, 0) is 39.2 Å². The summed E-state index contributed by atoms with van der Waals surface area (Å²) >= 11 is 0. The molecule has 1 aliphatic rings. The maximum absolute atomic E-state index is 12.3. The van der Waals surface area contributed by atoms with E-state index in [-0.39, 0.29) is 12.7 Å². The van der Waals surface area contributed by atoms with Crippen LogP contribution in [-0.4, -0.2) is 54.8 Å². The van der Waals surface area contributed by atoms with Crippen LogP contribution in [0.25, 0.3) is 0 Å². The molecule has 132 valence electrons. The maximum Gasteiger partial charge on any atom is 0.258 e. The fraction of sp³-hybridized carbons (Fsp3) is 0.353. The fourth-order valence-corrected chi connectivity index (χ4v) is 2.31. The lowest BCUT2D eigenvalue weighted by Gasteiger charge is -2.10. The van der Waals surface area contributed by atoms with Gasteiger partial charge in [0.25, 0.3) is 5.91 Å². The molecule has 0 atom stereocenters. The molecular formula is C17H21N5O3. The molecular weight excluding hydrogens is 322 g/mol. The van der Waals surface area contributed by atoms with Crippen molar-refractivity contribution in [1.82, 2.24) is 14.9 Å². The number of carbonyl (C=O) groups excluding carboxylic acids is 1. The van der Waals surface area contributed by atoms with E-state index in [4.69, 9.17) is 9.47 Å². The minimum Gasteiger partial charge on any atom is -0.454 e. The van der Waals surface area contributed by atoms with Gasteiger partial charge in [0.05, 0.1) is 5.56 Å². The smallest absolute Gasteiger partial charge is 0.258 e. The minimum atomic E-state index is -0.280. The van der Waals surface area contributed by atoms with Gasteiger partial charge in [-0.2, -0.15) is 0 Å². The molecule has 1 aromatic carbocycles. The average Bonchev–Trinajstić information content (AvgIpc) is 3.07. The van der Waals surface area contributed by atoms with E-state index in [9.17, 15) is 4.79 Å². The zero-order valence-electron chi connectivity index (χ0n) is 14.3. The Kier molecular flexibility index (Phi) is 5.30. The first kappa shape index (κ1) is 17.0. The Bertz CT molecular complexity index is 734. The van der Waals surface area contributed by atoms with Crippen molar-refractivity contribution >= 4 is 17.5 Å². The second-order valence-electron chi connectivity index (χ2n) is 5.90. The first-order chi connectivity index (χ1) is 12.1. The van der Waals surface area contributed by atoms with E-state index in [1.807, 2.05) is 14.1 Å². The van der Waals surface area contributed by atoms with Gasteiger partial charge in [0.1, 0.15) is 0 Å². The number of hydrogen-bond acceptors (Lipinski definition) is 7. The van der Waals surface area contributed by atoms with E-state index in [1.165, 1.54) is 12.4 Å². The Morgan fingerprint density at radius 1 is 1.20 bits per heavy atom. The van der Waals surface area contributed by atoms with Crippen molar-refractivity contribution in [3.05, 3.63) is 36.2 Å². The van der Waals surface area contributed by atoms with Crippen LogP contribution in [-0.2, 0) is 0 Å². The lowest BCUT2D eigenvalue weighted by atomic mass is 10.2. The molecule has 2 heterocycles. The van der Waals surface area contributed by atoms with Crippen LogP contribution in [0, 0.1) is 0 Å². The van der Waals surface area contributed by atoms with Gasteiger partial charge < -0.3 is 25.0 Å². The molecule has 0 fully saturated rings.